The van der Waals surface area contributed by atoms with Gasteiger partial charge in [0.25, 0.3) is 5.56 Å². The molecular formula is C21H14F3N3O2S. The van der Waals surface area contributed by atoms with E-state index in [4.69, 9.17) is 0 Å². The lowest BCUT2D eigenvalue weighted by Crippen LogP contribution is -2.27. The lowest BCUT2D eigenvalue weighted by molar-refractivity contribution is -0.137. The molecular weight excluding hydrogens is 415 g/mol. The van der Waals surface area contributed by atoms with E-state index in [0.717, 1.165) is 35.4 Å². The van der Waals surface area contributed by atoms with Crippen molar-refractivity contribution in [1.82, 2.24) is 9.55 Å². The maximum atomic E-state index is 13.0. The number of carbonyl (C=O) groups excluding carboxylic acids is 1. The summed E-state index contributed by atoms with van der Waals surface area (Å²) in [5, 5.41) is 4.77. The molecule has 0 aliphatic rings. The summed E-state index contributed by atoms with van der Waals surface area (Å²) < 4.78 is 39.1. The zero-order chi connectivity index (χ0) is 21.3. The Hall–Kier alpha value is -3.46. The molecule has 30 heavy (non-hydrogen) atoms. The van der Waals surface area contributed by atoms with Crippen LogP contribution in [0, 0.1) is 0 Å². The van der Waals surface area contributed by atoms with E-state index < -0.39 is 17.6 Å². The molecule has 9 heteroatoms. The van der Waals surface area contributed by atoms with Crippen molar-refractivity contribution >= 4 is 33.1 Å². The molecule has 0 saturated carbocycles. The molecule has 0 saturated heterocycles. The maximum Gasteiger partial charge on any atom is 0.416 e. The second-order valence-electron chi connectivity index (χ2n) is 6.50. The van der Waals surface area contributed by atoms with Gasteiger partial charge in [-0.2, -0.15) is 13.2 Å². The third-order valence-corrected chi connectivity index (χ3v) is 5.34. The van der Waals surface area contributed by atoms with Crippen molar-refractivity contribution in [3.63, 3.8) is 0 Å². The van der Waals surface area contributed by atoms with Crippen LogP contribution in [0.25, 0.3) is 21.3 Å². The van der Waals surface area contributed by atoms with Crippen molar-refractivity contribution in [1.29, 1.82) is 0 Å². The molecule has 0 spiro atoms. The Morgan fingerprint density at radius 3 is 2.43 bits per heavy atom. The number of nitrogens with one attached hydrogen (secondary N) is 1. The Morgan fingerprint density at radius 1 is 1.07 bits per heavy atom. The summed E-state index contributed by atoms with van der Waals surface area (Å²) in [6, 6.07) is 13.5. The van der Waals surface area contributed by atoms with Gasteiger partial charge in [0.15, 0.2) is 0 Å². The number of anilines is 1. The first kappa shape index (κ1) is 19.8. The maximum absolute atomic E-state index is 13.0. The number of amides is 1. The second kappa shape index (κ2) is 7.75. The Labute approximate surface area is 172 Å². The number of carbonyl (C=O) groups is 1. The molecule has 2 aromatic heterocycles. The number of rotatable bonds is 4. The summed E-state index contributed by atoms with van der Waals surface area (Å²) in [4.78, 5) is 30.1. The summed E-state index contributed by atoms with van der Waals surface area (Å²) in [7, 11) is 0. The number of hydrogen-bond acceptors (Lipinski definition) is 4. The minimum Gasteiger partial charge on any atom is -0.325 e. The molecule has 0 atom stereocenters. The molecule has 0 radical (unpaired) electrons. The van der Waals surface area contributed by atoms with Gasteiger partial charge in [0, 0.05) is 16.6 Å². The van der Waals surface area contributed by atoms with Crippen LogP contribution in [0.15, 0.2) is 71.1 Å². The van der Waals surface area contributed by atoms with Gasteiger partial charge in [-0.1, -0.05) is 30.3 Å². The van der Waals surface area contributed by atoms with Crippen LogP contribution in [-0.4, -0.2) is 15.5 Å². The molecule has 0 bridgehead atoms. The zero-order valence-electron chi connectivity index (χ0n) is 15.3. The first-order valence-electron chi connectivity index (χ1n) is 8.82. The third-order valence-electron chi connectivity index (χ3n) is 4.46. The molecule has 2 aromatic carbocycles. The molecule has 4 rings (SSSR count). The normalized spacial score (nSPS) is 11.6. The van der Waals surface area contributed by atoms with Crippen LogP contribution in [0.2, 0.25) is 0 Å². The van der Waals surface area contributed by atoms with E-state index in [1.807, 2.05) is 35.7 Å². The SMILES string of the molecule is O=C(Cn1cnc2scc(-c3ccccc3)c2c1=O)Nc1ccc(C(F)(F)F)cc1. The van der Waals surface area contributed by atoms with Gasteiger partial charge in [0.05, 0.1) is 17.3 Å². The van der Waals surface area contributed by atoms with Crippen LogP contribution in [0.3, 0.4) is 0 Å². The van der Waals surface area contributed by atoms with E-state index in [-0.39, 0.29) is 17.8 Å². The van der Waals surface area contributed by atoms with Crippen molar-refractivity contribution < 1.29 is 18.0 Å². The zero-order valence-corrected chi connectivity index (χ0v) is 16.1. The molecule has 0 aliphatic carbocycles. The second-order valence-corrected chi connectivity index (χ2v) is 7.35. The van der Waals surface area contributed by atoms with E-state index in [9.17, 15) is 22.8 Å². The average molecular weight is 429 g/mol. The van der Waals surface area contributed by atoms with E-state index in [1.54, 1.807) is 0 Å². The van der Waals surface area contributed by atoms with E-state index >= 15 is 0 Å². The molecule has 1 amide bonds. The summed E-state index contributed by atoms with van der Waals surface area (Å²) in [5.41, 5.74) is 0.649. The quantitative estimate of drug-likeness (QED) is 0.508. The van der Waals surface area contributed by atoms with Gasteiger partial charge >= 0.3 is 6.18 Å². The van der Waals surface area contributed by atoms with Gasteiger partial charge in [-0.15, -0.1) is 11.3 Å². The number of thiophene rings is 1. The highest BCUT2D eigenvalue weighted by Gasteiger charge is 2.30. The molecule has 0 fully saturated rings. The number of halogens is 3. The predicted octanol–water partition coefficient (Wildman–Crippen LogP) is 4.78. The number of fused-ring (bicyclic) bond motifs is 1. The Bertz CT molecular complexity index is 1260. The van der Waals surface area contributed by atoms with Crippen LogP contribution >= 0.6 is 11.3 Å². The average Bonchev–Trinajstić information content (AvgIpc) is 3.15. The van der Waals surface area contributed by atoms with Crippen molar-refractivity contribution in [3.8, 4) is 11.1 Å². The summed E-state index contributed by atoms with van der Waals surface area (Å²) in [6.07, 6.45) is -3.16. The van der Waals surface area contributed by atoms with Crippen molar-refractivity contribution in [2.24, 2.45) is 0 Å². The number of benzene rings is 2. The molecule has 152 valence electrons. The van der Waals surface area contributed by atoms with Crippen LogP contribution in [0.1, 0.15) is 5.56 Å². The van der Waals surface area contributed by atoms with E-state index in [2.05, 4.69) is 10.3 Å². The van der Waals surface area contributed by atoms with Crippen molar-refractivity contribution in [3.05, 3.63) is 82.2 Å². The fraction of sp³-hybridized carbons (Fsp3) is 0.0952. The Kier molecular flexibility index (Phi) is 5.13. The standard InChI is InChI=1S/C21H14F3N3O2S/c22-21(23,24)14-6-8-15(9-7-14)26-17(28)10-27-12-25-19-18(20(27)29)16(11-30-19)13-4-2-1-3-5-13/h1-9,11-12H,10H2,(H,26,28). The largest absolute Gasteiger partial charge is 0.416 e. The minimum atomic E-state index is -4.45. The van der Waals surface area contributed by atoms with E-state index in [0.29, 0.717) is 10.2 Å². The van der Waals surface area contributed by atoms with Crippen molar-refractivity contribution in [2.45, 2.75) is 12.7 Å². The van der Waals surface area contributed by atoms with Gasteiger partial charge < -0.3 is 5.32 Å². The van der Waals surface area contributed by atoms with Gasteiger partial charge in [-0.3, -0.25) is 14.2 Å². The molecule has 0 unspecified atom stereocenters. The van der Waals surface area contributed by atoms with Gasteiger partial charge in [0.1, 0.15) is 11.4 Å². The highest BCUT2D eigenvalue weighted by Crippen LogP contribution is 2.31. The van der Waals surface area contributed by atoms with Gasteiger partial charge in [-0.05, 0) is 29.8 Å². The van der Waals surface area contributed by atoms with Gasteiger partial charge in [-0.25, -0.2) is 4.98 Å². The lowest BCUT2D eigenvalue weighted by Gasteiger charge is -2.10. The molecule has 2 heterocycles. The minimum absolute atomic E-state index is 0.204. The fourth-order valence-electron chi connectivity index (χ4n) is 3.01. The Balaban J connectivity index is 1.57. The fourth-order valence-corrected chi connectivity index (χ4v) is 3.91. The van der Waals surface area contributed by atoms with Crippen LogP contribution in [0.4, 0.5) is 18.9 Å². The first-order valence-corrected chi connectivity index (χ1v) is 9.70. The highest BCUT2D eigenvalue weighted by atomic mass is 32.1. The third kappa shape index (κ3) is 3.97. The van der Waals surface area contributed by atoms with E-state index in [1.165, 1.54) is 22.2 Å². The van der Waals surface area contributed by atoms with Crippen molar-refractivity contribution in [2.75, 3.05) is 5.32 Å². The molecule has 5 nitrogen and oxygen atoms in total. The lowest BCUT2D eigenvalue weighted by atomic mass is 10.1. The number of aromatic nitrogens is 2. The van der Waals surface area contributed by atoms with Gasteiger partial charge in [0.2, 0.25) is 5.91 Å². The highest BCUT2D eigenvalue weighted by molar-refractivity contribution is 7.17. The first-order chi connectivity index (χ1) is 14.3. The summed E-state index contributed by atoms with van der Waals surface area (Å²) in [5.74, 6) is -0.547. The predicted molar refractivity (Wildman–Crippen MR) is 109 cm³/mol. The smallest absolute Gasteiger partial charge is 0.325 e. The number of hydrogen-bond donors (Lipinski definition) is 1. The molecule has 4 aromatic rings. The number of alkyl halides is 3. The number of nitrogens with zero attached hydrogens (tertiary/aromatic N) is 2. The van der Waals surface area contributed by atoms with Crippen LogP contribution in [0.5, 0.6) is 0 Å². The summed E-state index contributed by atoms with van der Waals surface area (Å²) >= 11 is 1.34. The Morgan fingerprint density at radius 2 is 1.77 bits per heavy atom. The molecule has 0 aliphatic heterocycles. The van der Waals surface area contributed by atoms with Crippen LogP contribution < -0.4 is 10.9 Å². The topological polar surface area (TPSA) is 64.0 Å². The monoisotopic (exact) mass is 429 g/mol. The van der Waals surface area contributed by atoms with Crippen LogP contribution in [-0.2, 0) is 17.5 Å². The summed E-state index contributed by atoms with van der Waals surface area (Å²) in [6.45, 7) is -0.313. The molecule has 1 N–H and O–H groups in total.